The topological polar surface area (TPSA) is 69.3 Å². The fourth-order valence-corrected chi connectivity index (χ4v) is 3.73. The minimum absolute atomic E-state index is 0.246. The first kappa shape index (κ1) is 21.7. The van der Waals surface area contributed by atoms with Gasteiger partial charge in [0.25, 0.3) is 5.91 Å². The number of aromatic amines is 1. The van der Waals surface area contributed by atoms with E-state index < -0.39 is 0 Å². The summed E-state index contributed by atoms with van der Waals surface area (Å²) >= 11 is 5.95. The molecule has 0 aliphatic rings. The Kier molecular flexibility index (Phi) is 6.57. The molecule has 162 valence electrons. The van der Waals surface area contributed by atoms with Crippen LogP contribution in [0.1, 0.15) is 27.0 Å². The predicted molar refractivity (Wildman–Crippen MR) is 133 cm³/mol. The van der Waals surface area contributed by atoms with E-state index in [-0.39, 0.29) is 5.91 Å². The average molecular weight is 445 g/mol. The Morgan fingerprint density at radius 1 is 1.03 bits per heavy atom. The van der Waals surface area contributed by atoms with Crippen molar-refractivity contribution in [2.24, 2.45) is 4.99 Å². The number of aliphatic imine (C=N–C) groups is 1. The lowest BCUT2D eigenvalue weighted by molar-refractivity contribution is 0.0977. The summed E-state index contributed by atoms with van der Waals surface area (Å²) in [5, 5.41) is 7.97. The molecule has 0 spiro atoms. The lowest BCUT2D eigenvalue weighted by Crippen LogP contribution is -2.36. The summed E-state index contributed by atoms with van der Waals surface area (Å²) in [5.41, 5.74) is 5.97. The number of hydrogen-bond donors (Lipinski definition) is 3. The standard InChI is InChI=1S/C26H25ClN4O/c1-17-7-12-23(18(2)15-17)30-26(31-25(32)19-8-10-21(27)11-9-19)28-14-13-20-16-29-24-6-4-3-5-22(20)24/h3-12,15-16,29H,13-14H2,1-2H3,(H2,28,30,31,32). The number of nitrogens with one attached hydrogen (secondary N) is 3. The molecule has 0 saturated heterocycles. The van der Waals surface area contributed by atoms with Crippen LogP contribution in [0.2, 0.25) is 5.02 Å². The van der Waals surface area contributed by atoms with Crippen molar-refractivity contribution in [2.45, 2.75) is 20.3 Å². The van der Waals surface area contributed by atoms with Crippen LogP contribution < -0.4 is 10.6 Å². The number of benzene rings is 3. The predicted octanol–water partition coefficient (Wildman–Crippen LogP) is 5.88. The Morgan fingerprint density at radius 2 is 1.81 bits per heavy atom. The van der Waals surface area contributed by atoms with Gasteiger partial charge in [0.05, 0.1) is 0 Å². The molecule has 4 aromatic rings. The zero-order valence-corrected chi connectivity index (χ0v) is 18.8. The van der Waals surface area contributed by atoms with Gasteiger partial charge in [0.1, 0.15) is 0 Å². The quantitative estimate of drug-likeness (QED) is 0.266. The van der Waals surface area contributed by atoms with Crippen LogP contribution in [0.5, 0.6) is 0 Å². The largest absolute Gasteiger partial charge is 0.361 e. The lowest BCUT2D eigenvalue weighted by atomic mass is 10.1. The van der Waals surface area contributed by atoms with Crippen molar-refractivity contribution in [3.05, 3.63) is 100 Å². The average Bonchev–Trinajstić information content (AvgIpc) is 3.19. The highest BCUT2D eigenvalue weighted by Crippen LogP contribution is 2.19. The number of para-hydroxylation sites is 1. The SMILES string of the molecule is Cc1ccc(NC(=NCCc2c[nH]c3ccccc23)NC(=O)c2ccc(Cl)cc2)c(C)c1. The van der Waals surface area contributed by atoms with Gasteiger partial charge >= 0.3 is 0 Å². The van der Waals surface area contributed by atoms with Gasteiger partial charge in [-0.25, -0.2) is 0 Å². The monoisotopic (exact) mass is 444 g/mol. The number of anilines is 1. The molecule has 0 radical (unpaired) electrons. The molecule has 0 aliphatic heterocycles. The van der Waals surface area contributed by atoms with Crippen LogP contribution in [0.25, 0.3) is 10.9 Å². The van der Waals surface area contributed by atoms with Crippen molar-refractivity contribution in [1.82, 2.24) is 10.3 Å². The van der Waals surface area contributed by atoms with Gasteiger partial charge in [-0.05, 0) is 67.8 Å². The number of rotatable bonds is 5. The van der Waals surface area contributed by atoms with Gasteiger partial charge in [0.15, 0.2) is 0 Å². The van der Waals surface area contributed by atoms with E-state index in [2.05, 4.69) is 45.7 Å². The summed E-state index contributed by atoms with van der Waals surface area (Å²) in [4.78, 5) is 20.8. The smallest absolute Gasteiger partial charge is 0.257 e. The fraction of sp³-hybridized carbons (Fsp3) is 0.154. The normalized spacial score (nSPS) is 11.5. The van der Waals surface area contributed by atoms with Gasteiger partial charge in [0.2, 0.25) is 5.96 Å². The number of carbonyl (C=O) groups is 1. The highest BCUT2D eigenvalue weighted by Gasteiger charge is 2.11. The fourth-order valence-electron chi connectivity index (χ4n) is 3.60. The summed E-state index contributed by atoms with van der Waals surface area (Å²) in [7, 11) is 0. The van der Waals surface area contributed by atoms with Crippen LogP contribution in [0.3, 0.4) is 0 Å². The van der Waals surface area contributed by atoms with Crippen LogP contribution >= 0.6 is 11.6 Å². The number of hydrogen-bond acceptors (Lipinski definition) is 2. The maximum Gasteiger partial charge on any atom is 0.257 e. The molecule has 0 unspecified atom stereocenters. The Labute approximate surface area is 192 Å². The molecular formula is C26H25ClN4O. The summed E-state index contributed by atoms with van der Waals surface area (Å²) in [6, 6.07) is 21.1. The van der Waals surface area contributed by atoms with Gasteiger partial charge in [-0.3, -0.25) is 15.1 Å². The lowest BCUT2D eigenvalue weighted by Gasteiger charge is -2.14. The summed E-state index contributed by atoms with van der Waals surface area (Å²) in [5.74, 6) is 0.168. The Hall–Kier alpha value is -3.57. The van der Waals surface area contributed by atoms with E-state index in [1.54, 1.807) is 24.3 Å². The molecule has 1 heterocycles. The van der Waals surface area contributed by atoms with E-state index in [1.807, 2.05) is 37.4 Å². The number of guanidine groups is 1. The first-order valence-electron chi connectivity index (χ1n) is 10.5. The van der Waals surface area contributed by atoms with E-state index >= 15 is 0 Å². The number of nitrogens with zero attached hydrogens (tertiary/aromatic N) is 1. The maximum absolute atomic E-state index is 12.8. The summed E-state index contributed by atoms with van der Waals surface area (Å²) in [6.07, 6.45) is 2.77. The second-order valence-corrected chi connectivity index (χ2v) is 8.18. The van der Waals surface area contributed by atoms with Crippen molar-refractivity contribution < 1.29 is 4.79 Å². The Morgan fingerprint density at radius 3 is 2.59 bits per heavy atom. The zero-order valence-electron chi connectivity index (χ0n) is 18.1. The number of amides is 1. The number of aromatic nitrogens is 1. The maximum atomic E-state index is 12.8. The number of carbonyl (C=O) groups excluding carboxylic acids is 1. The molecule has 0 bridgehead atoms. The zero-order chi connectivity index (χ0) is 22.5. The van der Waals surface area contributed by atoms with Crippen LogP contribution in [-0.4, -0.2) is 23.4 Å². The summed E-state index contributed by atoms with van der Waals surface area (Å²) < 4.78 is 0. The molecule has 0 atom stereocenters. The van der Waals surface area contributed by atoms with Gasteiger partial charge in [-0.2, -0.15) is 0 Å². The number of aryl methyl sites for hydroxylation is 2. The number of fused-ring (bicyclic) bond motifs is 1. The molecule has 0 fully saturated rings. The highest BCUT2D eigenvalue weighted by atomic mass is 35.5. The van der Waals surface area contributed by atoms with Crippen molar-refractivity contribution in [1.29, 1.82) is 0 Å². The number of halogens is 1. The van der Waals surface area contributed by atoms with Crippen LogP contribution in [0.15, 0.2) is 77.9 Å². The molecular weight excluding hydrogens is 420 g/mol. The van der Waals surface area contributed by atoms with Crippen molar-refractivity contribution >= 4 is 40.1 Å². The molecule has 1 aromatic heterocycles. The van der Waals surface area contributed by atoms with Crippen molar-refractivity contribution in [3.8, 4) is 0 Å². The van der Waals surface area contributed by atoms with Crippen molar-refractivity contribution in [3.63, 3.8) is 0 Å². The molecule has 0 saturated carbocycles. The van der Waals surface area contributed by atoms with Gasteiger partial charge in [-0.15, -0.1) is 0 Å². The Bertz CT molecular complexity index is 1270. The van der Waals surface area contributed by atoms with Crippen LogP contribution in [0.4, 0.5) is 5.69 Å². The van der Waals surface area contributed by atoms with E-state index in [1.165, 1.54) is 16.5 Å². The first-order chi connectivity index (χ1) is 15.5. The van der Waals surface area contributed by atoms with Gasteiger partial charge in [-0.1, -0.05) is 47.5 Å². The minimum Gasteiger partial charge on any atom is -0.361 e. The van der Waals surface area contributed by atoms with Gasteiger partial charge in [0, 0.05) is 39.9 Å². The van der Waals surface area contributed by atoms with E-state index in [0.29, 0.717) is 23.1 Å². The van der Waals surface area contributed by atoms with E-state index in [0.717, 1.165) is 23.2 Å². The summed E-state index contributed by atoms with van der Waals surface area (Å²) in [6.45, 7) is 4.60. The molecule has 6 heteroatoms. The van der Waals surface area contributed by atoms with E-state index in [4.69, 9.17) is 11.6 Å². The molecule has 3 N–H and O–H groups in total. The van der Waals surface area contributed by atoms with Crippen LogP contribution in [0, 0.1) is 13.8 Å². The van der Waals surface area contributed by atoms with Crippen LogP contribution in [-0.2, 0) is 6.42 Å². The van der Waals surface area contributed by atoms with Gasteiger partial charge < -0.3 is 10.3 Å². The van der Waals surface area contributed by atoms with E-state index in [9.17, 15) is 4.79 Å². The Balaban J connectivity index is 1.54. The second kappa shape index (κ2) is 9.71. The van der Waals surface area contributed by atoms with Crippen molar-refractivity contribution in [2.75, 3.05) is 11.9 Å². The third-order valence-corrected chi connectivity index (χ3v) is 5.55. The minimum atomic E-state index is -0.246. The molecule has 0 aliphatic carbocycles. The third kappa shape index (κ3) is 5.18. The molecule has 1 amide bonds. The molecule has 5 nitrogen and oxygen atoms in total. The third-order valence-electron chi connectivity index (χ3n) is 5.30. The number of H-pyrrole nitrogens is 1. The molecule has 32 heavy (non-hydrogen) atoms. The second-order valence-electron chi connectivity index (χ2n) is 7.74. The molecule has 4 rings (SSSR count). The highest BCUT2D eigenvalue weighted by molar-refractivity contribution is 6.30. The molecule has 3 aromatic carbocycles. The first-order valence-corrected chi connectivity index (χ1v) is 10.9.